The lowest BCUT2D eigenvalue weighted by Crippen LogP contribution is -2.25. The summed E-state index contributed by atoms with van der Waals surface area (Å²) in [5.74, 6) is -0.116. The second-order valence-corrected chi connectivity index (χ2v) is 4.37. The number of benzene rings is 1. The van der Waals surface area contributed by atoms with Gasteiger partial charge in [-0.3, -0.25) is 0 Å². The third-order valence-corrected chi connectivity index (χ3v) is 3.17. The Kier molecular flexibility index (Phi) is 2.16. The molecule has 0 atom stereocenters. The van der Waals surface area contributed by atoms with Gasteiger partial charge in [0.1, 0.15) is 5.82 Å². The summed E-state index contributed by atoms with van der Waals surface area (Å²) in [5.41, 5.74) is 0.692. The van der Waals surface area contributed by atoms with Crippen molar-refractivity contribution in [1.29, 1.82) is 0 Å². The molecule has 0 radical (unpaired) electrons. The van der Waals surface area contributed by atoms with Gasteiger partial charge in [0.15, 0.2) is 0 Å². The first kappa shape index (κ1) is 9.16. The lowest BCUT2D eigenvalue weighted by atomic mass is 10.0. The quantitative estimate of drug-likeness (QED) is 0.843. The Balaban J connectivity index is 2.44. The zero-order valence-corrected chi connectivity index (χ0v) is 8.99. The zero-order chi connectivity index (χ0) is 9.47. The predicted octanol–water partition coefficient (Wildman–Crippen LogP) is 2.80. The second-order valence-electron chi connectivity index (χ2n) is 3.46. The highest BCUT2D eigenvalue weighted by molar-refractivity contribution is 9.10. The molecule has 0 unspecified atom stereocenters. The number of hydrogen-bond acceptors (Lipinski definition) is 1. The van der Waals surface area contributed by atoms with Crippen LogP contribution in [0.1, 0.15) is 18.4 Å². The third-order valence-electron chi connectivity index (χ3n) is 2.67. The van der Waals surface area contributed by atoms with E-state index in [2.05, 4.69) is 21.2 Å². The maximum Gasteiger partial charge on any atom is 0.128 e. The average Bonchev–Trinajstić information content (AvgIpc) is 2.90. The van der Waals surface area contributed by atoms with Crippen molar-refractivity contribution in [2.45, 2.75) is 18.4 Å². The van der Waals surface area contributed by atoms with Crippen molar-refractivity contribution in [2.75, 3.05) is 7.05 Å². The van der Waals surface area contributed by atoms with Gasteiger partial charge >= 0.3 is 0 Å². The van der Waals surface area contributed by atoms with Gasteiger partial charge in [-0.1, -0.05) is 15.9 Å². The Morgan fingerprint density at radius 2 is 2.15 bits per heavy atom. The van der Waals surface area contributed by atoms with E-state index in [1.54, 1.807) is 6.07 Å². The maximum absolute atomic E-state index is 13.4. The molecule has 0 aliphatic heterocycles. The van der Waals surface area contributed by atoms with Gasteiger partial charge in [0.25, 0.3) is 0 Å². The molecule has 0 bridgehead atoms. The van der Waals surface area contributed by atoms with Crippen LogP contribution < -0.4 is 5.32 Å². The summed E-state index contributed by atoms with van der Waals surface area (Å²) in [6, 6.07) is 5.10. The lowest BCUT2D eigenvalue weighted by molar-refractivity contribution is 0.525. The van der Waals surface area contributed by atoms with Crippen molar-refractivity contribution < 1.29 is 4.39 Å². The van der Waals surface area contributed by atoms with E-state index < -0.39 is 0 Å². The van der Waals surface area contributed by atoms with Gasteiger partial charge < -0.3 is 5.32 Å². The summed E-state index contributed by atoms with van der Waals surface area (Å²) in [6.45, 7) is 0. The van der Waals surface area contributed by atoms with E-state index in [-0.39, 0.29) is 11.4 Å². The van der Waals surface area contributed by atoms with Crippen molar-refractivity contribution in [2.24, 2.45) is 0 Å². The summed E-state index contributed by atoms with van der Waals surface area (Å²) in [5, 5.41) is 3.18. The largest absolute Gasteiger partial charge is 0.310 e. The standard InChI is InChI=1S/C10H11BrFN/c1-13-10(4-5-10)8-6-7(11)2-3-9(8)12/h2-3,6,13H,4-5H2,1H3. The minimum Gasteiger partial charge on any atom is -0.310 e. The van der Waals surface area contributed by atoms with Gasteiger partial charge in [-0.2, -0.15) is 0 Å². The minimum atomic E-state index is -0.116. The van der Waals surface area contributed by atoms with Crippen molar-refractivity contribution in [1.82, 2.24) is 5.32 Å². The van der Waals surface area contributed by atoms with Crippen LogP contribution in [0.15, 0.2) is 22.7 Å². The van der Waals surface area contributed by atoms with E-state index in [1.807, 2.05) is 13.1 Å². The number of rotatable bonds is 2. The summed E-state index contributed by atoms with van der Waals surface area (Å²) in [6.07, 6.45) is 2.05. The molecule has 0 heterocycles. The first-order valence-corrected chi connectivity index (χ1v) is 5.12. The molecule has 1 saturated carbocycles. The molecule has 13 heavy (non-hydrogen) atoms. The van der Waals surface area contributed by atoms with Crippen molar-refractivity contribution in [3.05, 3.63) is 34.1 Å². The number of hydrogen-bond donors (Lipinski definition) is 1. The van der Waals surface area contributed by atoms with Crippen LogP contribution in [0.2, 0.25) is 0 Å². The molecule has 0 saturated heterocycles. The molecule has 0 spiro atoms. The van der Waals surface area contributed by atoms with Crippen molar-refractivity contribution in [3.63, 3.8) is 0 Å². The normalized spacial score (nSPS) is 18.7. The summed E-state index contributed by atoms with van der Waals surface area (Å²) in [7, 11) is 1.88. The summed E-state index contributed by atoms with van der Waals surface area (Å²) >= 11 is 3.35. The molecule has 1 aromatic rings. The Labute approximate surface area is 85.5 Å². The highest BCUT2D eigenvalue weighted by Gasteiger charge is 2.44. The Morgan fingerprint density at radius 3 is 2.69 bits per heavy atom. The summed E-state index contributed by atoms with van der Waals surface area (Å²) < 4.78 is 14.4. The fourth-order valence-electron chi connectivity index (χ4n) is 1.64. The van der Waals surface area contributed by atoms with E-state index in [4.69, 9.17) is 0 Å². The predicted molar refractivity (Wildman–Crippen MR) is 54.1 cm³/mol. The highest BCUT2D eigenvalue weighted by Crippen LogP contribution is 2.46. The molecule has 0 aromatic heterocycles. The van der Waals surface area contributed by atoms with Crippen LogP contribution in [0, 0.1) is 5.82 Å². The van der Waals surface area contributed by atoms with Crippen LogP contribution in [-0.4, -0.2) is 7.05 Å². The van der Waals surface area contributed by atoms with E-state index in [0.29, 0.717) is 0 Å². The molecule has 3 heteroatoms. The van der Waals surface area contributed by atoms with Gasteiger partial charge in [0.05, 0.1) is 0 Å². The summed E-state index contributed by atoms with van der Waals surface area (Å²) in [4.78, 5) is 0. The van der Waals surface area contributed by atoms with E-state index >= 15 is 0 Å². The Morgan fingerprint density at radius 1 is 1.46 bits per heavy atom. The lowest BCUT2D eigenvalue weighted by Gasteiger charge is -2.15. The van der Waals surface area contributed by atoms with Gasteiger partial charge in [0.2, 0.25) is 0 Å². The molecular formula is C10H11BrFN. The van der Waals surface area contributed by atoms with Gasteiger partial charge in [-0.05, 0) is 38.1 Å². The van der Waals surface area contributed by atoms with Gasteiger partial charge in [-0.15, -0.1) is 0 Å². The number of halogens is 2. The molecule has 2 rings (SSSR count). The van der Waals surface area contributed by atoms with Gasteiger partial charge in [0, 0.05) is 15.6 Å². The van der Waals surface area contributed by atoms with Crippen LogP contribution in [0.3, 0.4) is 0 Å². The first-order chi connectivity index (χ1) is 6.18. The zero-order valence-electron chi connectivity index (χ0n) is 7.40. The topological polar surface area (TPSA) is 12.0 Å². The monoisotopic (exact) mass is 243 g/mol. The molecule has 1 fully saturated rings. The van der Waals surface area contributed by atoms with Crippen LogP contribution in [-0.2, 0) is 5.54 Å². The van der Waals surface area contributed by atoms with Crippen LogP contribution in [0.4, 0.5) is 4.39 Å². The second kappa shape index (κ2) is 3.07. The molecule has 1 nitrogen and oxygen atoms in total. The van der Waals surface area contributed by atoms with Crippen molar-refractivity contribution >= 4 is 15.9 Å². The van der Waals surface area contributed by atoms with E-state index in [1.165, 1.54) is 6.07 Å². The van der Waals surface area contributed by atoms with Crippen LogP contribution in [0.5, 0.6) is 0 Å². The van der Waals surface area contributed by atoms with E-state index in [0.717, 1.165) is 22.9 Å². The molecular weight excluding hydrogens is 233 g/mol. The molecule has 0 amide bonds. The maximum atomic E-state index is 13.4. The fourth-order valence-corrected chi connectivity index (χ4v) is 2.00. The van der Waals surface area contributed by atoms with Crippen molar-refractivity contribution in [3.8, 4) is 0 Å². The SMILES string of the molecule is CNC1(c2cc(Br)ccc2F)CC1. The van der Waals surface area contributed by atoms with Crippen LogP contribution in [0.25, 0.3) is 0 Å². The highest BCUT2D eigenvalue weighted by atomic mass is 79.9. The molecule has 1 N–H and O–H groups in total. The molecule has 1 aromatic carbocycles. The third kappa shape index (κ3) is 1.51. The average molecular weight is 244 g/mol. The molecule has 70 valence electrons. The fraction of sp³-hybridized carbons (Fsp3) is 0.400. The molecule has 1 aliphatic rings. The smallest absolute Gasteiger partial charge is 0.128 e. The van der Waals surface area contributed by atoms with E-state index in [9.17, 15) is 4.39 Å². The Hall–Kier alpha value is -0.410. The Bertz CT molecular complexity index is 334. The first-order valence-electron chi connectivity index (χ1n) is 4.32. The minimum absolute atomic E-state index is 0.0894. The van der Waals surface area contributed by atoms with Crippen LogP contribution >= 0.6 is 15.9 Å². The van der Waals surface area contributed by atoms with Gasteiger partial charge in [-0.25, -0.2) is 4.39 Å². The molecule has 1 aliphatic carbocycles. The number of nitrogens with one attached hydrogen (secondary N) is 1.